The van der Waals surface area contributed by atoms with Crippen LogP contribution in [0.5, 0.6) is 17.4 Å². The molecule has 0 unspecified atom stereocenters. The third-order valence-electron chi connectivity index (χ3n) is 4.13. The number of nitrogens with zero attached hydrogens (tertiary/aromatic N) is 1. The van der Waals surface area contributed by atoms with Crippen molar-refractivity contribution in [3.63, 3.8) is 0 Å². The molecule has 33 heavy (non-hydrogen) atoms. The highest BCUT2D eigenvalue weighted by molar-refractivity contribution is 7.89. The zero-order chi connectivity index (χ0) is 24.5. The number of nitrogens with one attached hydrogen (secondary N) is 1. The first-order valence-corrected chi connectivity index (χ1v) is 11.0. The van der Waals surface area contributed by atoms with Gasteiger partial charge in [-0.15, -0.1) is 0 Å². The molecule has 0 atom stereocenters. The summed E-state index contributed by atoms with van der Waals surface area (Å²) in [6.45, 7) is 0. The number of carbonyl (C=O) groups excluding carboxylic acids is 1. The number of benzene rings is 2. The number of pyridine rings is 1. The molecule has 1 aromatic heterocycles. The molecule has 0 bridgehead atoms. The molecule has 0 radical (unpaired) electrons. The van der Waals surface area contributed by atoms with Crippen molar-refractivity contribution >= 4 is 27.5 Å². The zero-order valence-electron chi connectivity index (χ0n) is 16.8. The standard InChI is InChI=1S/C20H13ClF4N2O5S/c1-31-16-7-11(19(28)27-33(2,29)30)15(24)6-10(16)9-5-12(21)20(26-8-9)32-18-14(23)4-3-13(22)17(18)25/h3-8H,1-2H3,(H,27,28). The largest absolute Gasteiger partial charge is 0.496 e. The highest BCUT2D eigenvalue weighted by Gasteiger charge is 2.22. The summed E-state index contributed by atoms with van der Waals surface area (Å²) >= 11 is 6.07. The Labute approximate surface area is 190 Å². The van der Waals surface area contributed by atoms with Gasteiger partial charge in [0.25, 0.3) is 5.91 Å². The summed E-state index contributed by atoms with van der Waals surface area (Å²) < 4.78 is 89.8. The molecule has 0 fully saturated rings. The van der Waals surface area contributed by atoms with Gasteiger partial charge >= 0.3 is 0 Å². The Hall–Kier alpha value is -3.38. The number of sulfonamides is 1. The van der Waals surface area contributed by atoms with E-state index in [-0.39, 0.29) is 21.9 Å². The van der Waals surface area contributed by atoms with E-state index in [2.05, 4.69) is 4.98 Å². The van der Waals surface area contributed by atoms with Crippen LogP contribution in [0, 0.1) is 23.3 Å². The minimum atomic E-state index is -3.94. The fourth-order valence-corrected chi connectivity index (χ4v) is 3.34. The normalized spacial score (nSPS) is 11.2. The molecule has 1 heterocycles. The van der Waals surface area contributed by atoms with Gasteiger partial charge in [0.2, 0.25) is 27.5 Å². The van der Waals surface area contributed by atoms with Crippen molar-refractivity contribution in [3.05, 3.63) is 70.4 Å². The molecule has 7 nitrogen and oxygen atoms in total. The topological polar surface area (TPSA) is 94.6 Å². The van der Waals surface area contributed by atoms with Crippen LogP contribution in [0.15, 0.2) is 36.5 Å². The quantitative estimate of drug-likeness (QED) is 0.394. The summed E-state index contributed by atoms with van der Waals surface area (Å²) in [5.74, 6) is -7.96. The van der Waals surface area contributed by atoms with Gasteiger partial charge in [0.05, 0.1) is 18.9 Å². The van der Waals surface area contributed by atoms with E-state index in [1.807, 2.05) is 0 Å². The summed E-state index contributed by atoms with van der Waals surface area (Å²) in [7, 11) is -2.72. The molecule has 1 N–H and O–H groups in total. The molecule has 1 amide bonds. The molecular formula is C20H13ClF4N2O5S. The molecule has 0 spiro atoms. The Morgan fingerprint density at radius 1 is 1.06 bits per heavy atom. The highest BCUT2D eigenvalue weighted by atomic mass is 35.5. The number of carbonyl (C=O) groups is 1. The maximum atomic E-state index is 14.6. The molecular weight excluding hydrogens is 492 g/mol. The molecule has 0 aliphatic carbocycles. The van der Waals surface area contributed by atoms with E-state index in [1.54, 1.807) is 4.72 Å². The van der Waals surface area contributed by atoms with E-state index < -0.39 is 56.4 Å². The second-order valence-electron chi connectivity index (χ2n) is 6.52. The molecule has 0 aliphatic heterocycles. The first kappa shape index (κ1) is 24.3. The maximum Gasteiger partial charge on any atom is 0.267 e. The van der Waals surface area contributed by atoms with Crippen LogP contribution >= 0.6 is 11.6 Å². The summed E-state index contributed by atoms with van der Waals surface area (Å²) in [4.78, 5) is 15.9. The number of amides is 1. The van der Waals surface area contributed by atoms with E-state index in [0.29, 0.717) is 12.1 Å². The van der Waals surface area contributed by atoms with Gasteiger partial charge in [0.1, 0.15) is 16.6 Å². The van der Waals surface area contributed by atoms with Gasteiger partial charge in [-0.1, -0.05) is 11.6 Å². The van der Waals surface area contributed by atoms with Gasteiger partial charge in [-0.25, -0.2) is 31.3 Å². The average Bonchev–Trinajstić information content (AvgIpc) is 2.73. The van der Waals surface area contributed by atoms with Crippen LogP contribution in [0.1, 0.15) is 10.4 Å². The first-order valence-electron chi connectivity index (χ1n) is 8.78. The van der Waals surface area contributed by atoms with Crippen LogP contribution in [-0.4, -0.2) is 32.7 Å². The first-order chi connectivity index (χ1) is 15.4. The number of aromatic nitrogens is 1. The highest BCUT2D eigenvalue weighted by Crippen LogP contribution is 2.37. The van der Waals surface area contributed by atoms with Gasteiger partial charge in [-0.3, -0.25) is 4.79 Å². The van der Waals surface area contributed by atoms with Crippen LogP contribution in [0.3, 0.4) is 0 Å². The number of hydrogen-bond acceptors (Lipinski definition) is 6. The maximum absolute atomic E-state index is 14.6. The fourth-order valence-electron chi connectivity index (χ4n) is 2.69. The summed E-state index contributed by atoms with van der Waals surface area (Å²) in [6.07, 6.45) is 1.83. The lowest BCUT2D eigenvalue weighted by atomic mass is 10.0. The van der Waals surface area contributed by atoms with Crippen molar-refractivity contribution < 1.29 is 40.2 Å². The monoisotopic (exact) mass is 504 g/mol. The van der Waals surface area contributed by atoms with Crippen molar-refractivity contribution in [1.82, 2.24) is 9.71 Å². The number of methoxy groups -OCH3 is 1. The van der Waals surface area contributed by atoms with Gasteiger partial charge in [-0.2, -0.15) is 4.39 Å². The van der Waals surface area contributed by atoms with Crippen molar-refractivity contribution in [2.24, 2.45) is 0 Å². The molecule has 13 heteroatoms. The third-order valence-corrected chi connectivity index (χ3v) is 4.96. The Bertz CT molecular complexity index is 1370. The predicted molar refractivity (Wildman–Crippen MR) is 110 cm³/mol. The van der Waals surface area contributed by atoms with E-state index >= 15 is 0 Å². The molecule has 174 valence electrons. The zero-order valence-corrected chi connectivity index (χ0v) is 18.3. The van der Waals surface area contributed by atoms with Crippen molar-refractivity contribution in [1.29, 1.82) is 0 Å². The van der Waals surface area contributed by atoms with E-state index in [1.165, 1.54) is 13.2 Å². The molecule has 0 aliphatic rings. The minimum absolute atomic E-state index is 0.0381. The van der Waals surface area contributed by atoms with Crippen molar-refractivity contribution in [2.75, 3.05) is 13.4 Å². The Balaban J connectivity index is 1.99. The number of rotatable bonds is 6. The minimum Gasteiger partial charge on any atom is -0.496 e. The smallest absolute Gasteiger partial charge is 0.267 e. The van der Waals surface area contributed by atoms with Gasteiger partial charge in [0.15, 0.2) is 11.6 Å². The Kier molecular flexibility index (Phi) is 6.79. The van der Waals surface area contributed by atoms with Crippen LogP contribution in [0.25, 0.3) is 11.1 Å². The summed E-state index contributed by atoms with van der Waals surface area (Å²) in [6, 6.07) is 4.30. The fraction of sp³-hybridized carbons (Fsp3) is 0.100. The molecule has 0 saturated carbocycles. The molecule has 3 rings (SSSR count). The van der Waals surface area contributed by atoms with Crippen molar-refractivity contribution in [3.8, 4) is 28.5 Å². The van der Waals surface area contributed by atoms with Crippen LogP contribution in [0.2, 0.25) is 5.02 Å². The van der Waals surface area contributed by atoms with Crippen LogP contribution in [-0.2, 0) is 10.0 Å². The predicted octanol–water partition coefficient (Wildman–Crippen LogP) is 4.45. The van der Waals surface area contributed by atoms with Gasteiger partial charge in [-0.05, 0) is 30.3 Å². The van der Waals surface area contributed by atoms with Gasteiger partial charge < -0.3 is 9.47 Å². The second-order valence-corrected chi connectivity index (χ2v) is 8.68. The lowest BCUT2D eigenvalue weighted by Crippen LogP contribution is -2.30. The molecule has 2 aromatic carbocycles. The van der Waals surface area contributed by atoms with Crippen LogP contribution < -0.4 is 14.2 Å². The Morgan fingerprint density at radius 3 is 2.33 bits per heavy atom. The lowest BCUT2D eigenvalue weighted by Gasteiger charge is -2.13. The average molecular weight is 505 g/mol. The van der Waals surface area contributed by atoms with Gasteiger partial charge in [0, 0.05) is 17.3 Å². The Morgan fingerprint density at radius 2 is 1.73 bits per heavy atom. The molecule has 0 saturated heterocycles. The molecule has 3 aromatic rings. The van der Waals surface area contributed by atoms with E-state index in [9.17, 15) is 30.8 Å². The lowest BCUT2D eigenvalue weighted by molar-refractivity contribution is 0.0977. The second kappa shape index (κ2) is 9.24. The number of hydrogen-bond donors (Lipinski definition) is 1. The summed E-state index contributed by atoms with van der Waals surface area (Å²) in [5.41, 5.74) is -0.384. The van der Waals surface area contributed by atoms with E-state index in [4.69, 9.17) is 21.1 Å². The summed E-state index contributed by atoms with van der Waals surface area (Å²) in [5, 5.41) is -0.267. The number of halogens is 5. The SMILES string of the molecule is COc1cc(C(=O)NS(C)(=O)=O)c(F)cc1-c1cnc(Oc2c(F)ccc(F)c2F)c(Cl)c1. The van der Waals surface area contributed by atoms with Crippen molar-refractivity contribution in [2.45, 2.75) is 0 Å². The van der Waals surface area contributed by atoms with Crippen LogP contribution in [0.4, 0.5) is 17.6 Å². The van der Waals surface area contributed by atoms with E-state index in [0.717, 1.165) is 24.6 Å². The number of ether oxygens (including phenoxy) is 2. The third kappa shape index (κ3) is 5.34.